The zero-order valence-electron chi connectivity index (χ0n) is 13.0. The number of benzene rings is 1. The largest absolute Gasteiger partial charge is 0.497 e. The average molecular weight is 311 g/mol. The first-order valence-electron chi connectivity index (χ1n) is 7.34. The lowest BCUT2D eigenvalue weighted by Gasteiger charge is -2.08. The molecule has 0 bridgehead atoms. The summed E-state index contributed by atoms with van der Waals surface area (Å²) < 4.78 is 12.0. The van der Waals surface area contributed by atoms with Gasteiger partial charge in [-0.15, -0.1) is 0 Å². The van der Waals surface area contributed by atoms with Gasteiger partial charge in [-0.05, 0) is 43.3 Å². The molecule has 3 rings (SSSR count). The molecule has 1 aromatic carbocycles. The van der Waals surface area contributed by atoms with Gasteiger partial charge < -0.3 is 9.47 Å². The lowest BCUT2D eigenvalue weighted by Crippen LogP contribution is -2.14. The maximum atomic E-state index is 11.9. The van der Waals surface area contributed by atoms with Crippen molar-refractivity contribution in [1.82, 2.24) is 14.5 Å². The summed E-state index contributed by atoms with van der Waals surface area (Å²) in [6.07, 6.45) is 1.68. The van der Waals surface area contributed by atoms with Crippen LogP contribution in [0.3, 0.4) is 0 Å². The van der Waals surface area contributed by atoms with E-state index in [-0.39, 0.29) is 12.5 Å². The molecule has 2 heterocycles. The van der Waals surface area contributed by atoms with Crippen LogP contribution < -0.4 is 4.74 Å². The molecular formula is C17H17N3O3. The highest BCUT2D eigenvalue weighted by Crippen LogP contribution is 2.25. The summed E-state index contributed by atoms with van der Waals surface area (Å²) in [5.41, 5.74) is 2.28. The Balaban J connectivity index is 2.08. The predicted octanol–water partition coefficient (Wildman–Crippen LogP) is 2.67. The number of ether oxygens (including phenoxy) is 2. The maximum Gasteiger partial charge on any atom is 0.326 e. The first-order valence-corrected chi connectivity index (χ1v) is 7.34. The first-order chi connectivity index (χ1) is 11.2. The van der Waals surface area contributed by atoms with Crippen LogP contribution in [0.25, 0.3) is 22.6 Å². The van der Waals surface area contributed by atoms with E-state index in [1.807, 2.05) is 36.4 Å². The number of fused-ring (bicyclic) bond motifs is 1. The van der Waals surface area contributed by atoms with Crippen LogP contribution in [0.15, 0.2) is 42.6 Å². The van der Waals surface area contributed by atoms with Crippen LogP contribution in [0.1, 0.15) is 6.92 Å². The molecule has 0 N–H and O–H groups in total. The Morgan fingerprint density at radius 2 is 2.00 bits per heavy atom. The maximum absolute atomic E-state index is 11.9. The third kappa shape index (κ3) is 3.01. The van der Waals surface area contributed by atoms with Gasteiger partial charge in [0.2, 0.25) is 0 Å². The van der Waals surface area contributed by atoms with Crippen molar-refractivity contribution in [3.8, 4) is 17.1 Å². The van der Waals surface area contributed by atoms with Crippen molar-refractivity contribution in [2.75, 3.05) is 13.7 Å². The predicted molar refractivity (Wildman–Crippen MR) is 86.1 cm³/mol. The molecule has 3 aromatic rings. The molecule has 0 amide bonds. The van der Waals surface area contributed by atoms with Crippen LogP contribution in [0.5, 0.6) is 5.75 Å². The molecule has 6 heteroatoms. The molecule has 2 aromatic heterocycles. The van der Waals surface area contributed by atoms with Crippen LogP contribution in [0.2, 0.25) is 0 Å². The molecule has 118 valence electrons. The smallest absolute Gasteiger partial charge is 0.326 e. The highest BCUT2D eigenvalue weighted by molar-refractivity contribution is 5.80. The van der Waals surface area contributed by atoms with E-state index >= 15 is 0 Å². The Kier molecular flexibility index (Phi) is 4.23. The average Bonchev–Trinajstić information content (AvgIpc) is 2.94. The number of carbonyl (C=O) groups excluding carboxylic acids is 1. The number of pyridine rings is 1. The standard InChI is InChI=1S/C17H17N3O3/c1-3-23-15(21)11-20-16(12-6-8-13(22-2)9-7-12)19-14-5-4-10-18-17(14)20/h4-10H,3,11H2,1-2H3. The van der Waals surface area contributed by atoms with Crippen LogP contribution in [-0.4, -0.2) is 34.2 Å². The van der Waals surface area contributed by atoms with Gasteiger partial charge in [0.1, 0.15) is 23.6 Å². The lowest BCUT2D eigenvalue weighted by atomic mass is 10.2. The Morgan fingerprint density at radius 3 is 2.70 bits per heavy atom. The van der Waals surface area contributed by atoms with Gasteiger partial charge in [0.05, 0.1) is 13.7 Å². The van der Waals surface area contributed by atoms with Crippen molar-refractivity contribution in [2.24, 2.45) is 0 Å². The summed E-state index contributed by atoms with van der Waals surface area (Å²) in [4.78, 5) is 20.9. The minimum absolute atomic E-state index is 0.0721. The highest BCUT2D eigenvalue weighted by Gasteiger charge is 2.16. The number of carbonyl (C=O) groups is 1. The number of rotatable bonds is 5. The van der Waals surface area contributed by atoms with Gasteiger partial charge in [-0.2, -0.15) is 0 Å². The number of aromatic nitrogens is 3. The van der Waals surface area contributed by atoms with E-state index in [0.29, 0.717) is 18.1 Å². The molecule has 0 fully saturated rings. The van der Waals surface area contributed by atoms with Crippen LogP contribution in [0, 0.1) is 0 Å². The van der Waals surface area contributed by atoms with Gasteiger partial charge in [-0.25, -0.2) is 9.97 Å². The number of esters is 1. The minimum atomic E-state index is -0.313. The first kappa shape index (κ1) is 15.0. The molecule has 0 radical (unpaired) electrons. The van der Waals surface area contributed by atoms with E-state index in [2.05, 4.69) is 9.97 Å². The molecule has 0 atom stereocenters. The quantitative estimate of drug-likeness (QED) is 0.678. The number of imidazole rings is 1. The Morgan fingerprint density at radius 1 is 1.22 bits per heavy atom. The summed E-state index contributed by atoms with van der Waals surface area (Å²) in [6, 6.07) is 11.2. The van der Waals surface area contributed by atoms with Crippen LogP contribution in [-0.2, 0) is 16.1 Å². The molecule has 0 aliphatic carbocycles. The monoisotopic (exact) mass is 311 g/mol. The molecule has 0 spiro atoms. The van der Waals surface area contributed by atoms with Crippen LogP contribution >= 0.6 is 0 Å². The molecule has 0 saturated heterocycles. The van der Waals surface area contributed by atoms with E-state index in [1.165, 1.54) is 0 Å². The van der Waals surface area contributed by atoms with Gasteiger partial charge in [0.15, 0.2) is 5.65 Å². The summed E-state index contributed by atoms with van der Waals surface area (Å²) in [6.45, 7) is 2.20. The van der Waals surface area contributed by atoms with Crippen molar-refractivity contribution in [3.63, 3.8) is 0 Å². The van der Waals surface area contributed by atoms with Crippen molar-refractivity contribution in [3.05, 3.63) is 42.6 Å². The molecule has 0 saturated carbocycles. The zero-order valence-corrected chi connectivity index (χ0v) is 13.0. The number of hydrogen-bond donors (Lipinski definition) is 0. The van der Waals surface area contributed by atoms with Gasteiger partial charge in [-0.1, -0.05) is 0 Å². The second-order valence-corrected chi connectivity index (χ2v) is 4.90. The van der Waals surface area contributed by atoms with Crippen molar-refractivity contribution < 1.29 is 14.3 Å². The fraction of sp³-hybridized carbons (Fsp3) is 0.235. The third-order valence-electron chi connectivity index (χ3n) is 3.44. The zero-order chi connectivity index (χ0) is 16.2. The van der Waals surface area contributed by atoms with E-state index < -0.39 is 0 Å². The van der Waals surface area contributed by atoms with E-state index in [1.54, 1.807) is 24.8 Å². The molecule has 6 nitrogen and oxygen atoms in total. The fourth-order valence-electron chi connectivity index (χ4n) is 2.40. The summed E-state index contributed by atoms with van der Waals surface area (Å²) in [5.74, 6) is 1.13. The van der Waals surface area contributed by atoms with Crippen LogP contribution in [0.4, 0.5) is 0 Å². The van der Waals surface area contributed by atoms with Crippen molar-refractivity contribution >= 4 is 17.1 Å². The summed E-state index contributed by atoms with van der Waals surface area (Å²) in [5, 5.41) is 0. The second-order valence-electron chi connectivity index (χ2n) is 4.90. The normalized spacial score (nSPS) is 10.7. The van der Waals surface area contributed by atoms with Gasteiger partial charge >= 0.3 is 5.97 Å². The third-order valence-corrected chi connectivity index (χ3v) is 3.44. The van der Waals surface area contributed by atoms with Crippen molar-refractivity contribution in [2.45, 2.75) is 13.5 Å². The number of hydrogen-bond acceptors (Lipinski definition) is 5. The Labute approximate surface area is 133 Å². The topological polar surface area (TPSA) is 66.2 Å². The second kappa shape index (κ2) is 6.48. The fourth-order valence-corrected chi connectivity index (χ4v) is 2.40. The molecule has 0 aliphatic rings. The Hall–Kier alpha value is -2.89. The summed E-state index contributed by atoms with van der Waals surface area (Å²) >= 11 is 0. The van der Waals surface area contributed by atoms with Gasteiger partial charge in [0, 0.05) is 11.8 Å². The lowest BCUT2D eigenvalue weighted by molar-refractivity contribution is -0.143. The van der Waals surface area contributed by atoms with Gasteiger partial charge in [-0.3, -0.25) is 9.36 Å². The summed E-state index contributed by atoms with van der Waals surface area (Å²) in [7, 11) is 1.62. The Bertz CT molecular complexity index is 825. The number of methoxy groups -OCH3 is 1. The molecule has 23 heavy (non-hydrogen) atoms. The van der Waals surface area contributed by atoms with Gasteiger partial charge in [0.25, 0.3) is 0 Å². The highest BCUT2D eigenvalue weighted by atomic mass is 16.5. The van der Waals surface area contributed by atoms with E-state index in [9.17, 15) is 4.79 Å². The van der Waals surface area contributed by atoms with Crippen molar-refractivity contribution in [1.29, 1.82) is 0 Å². The molecule has 0 aliphatic heterocycles. The molecule has 0 unspecified atom stereocenters. The number of nitrogens with zero attached hydrogens (tertiary/aromatic N) is 3. The van der Waals surface area contributed by atoms with E-state index in [0.717, 1.165) is 16.8 Å². The molecular weight excluding hydrogens is 294 g/mol. The SMILES string of the molecule is CCOC(=O)Cn1c(-c2ccc(OC)cc2)nc2cccnc21. The minimum Gasteiger partial charge on any atom is -0.497 e. The van der Waals surface area contributed by atoms with E-state index in [4.69, 9.17) is 9.47 Å².